The van der Waals surface area contributed by atoms with Crippen molar-refractivity contribution >= 4 is 5.97 Å². The number of hydrogen-bond acceptors (Lipinski definition) is 3. The Hall–Kier alpha value is -2.33. The zero-order chi connectivity index (χ0) is 18.4. The lowest BCUT2D eigenvalue weighted by molar-refractivity contribution is -0.901. The number of likely N-dealkylation sites (tertiary alicyclic amines) is 1. The van der Waals surface area contributed by atoms with E-state index in [9.17, 15) is 4.79 Å². The molecule has 1 aliphatic heterocycles. The van der Waals surface area contributed by atoms with Crippen molar-refractivity contribution in [1.29, 1.82) is 0 Å². The molecule has 4 heteroatoms. The number of esters is 1. The Morgan fingerprint density at radius 3 is 2.19 bits per heavy atom. The predicted molar refractivity (Wildman–Crippen MR) is 102 cm³/mol. The largest absolute Gasteiger partial charge is 0.479 e. The molecule has 2 unspecified atom stereocenters. The van der Waals surface area contributed by atoms with Gasteiger partial charge in [-0.1, -0.05) is 48.5 Å². The molecule has 3 rings (SSSR count). The Labute approximate surface area is 155 Å². The summed E-state index contributed by atoms with van der Waals surface area (Å²) >= 11 is 0. The van der Waals surface area contributed by atoms with E-state index in [-0.39, 0.29) is 12.1 Å². The van der Waals surface area contributed by atoms with Crippen molar-refractivity contribution in [2.45, 2.75) is 32.0 Å². The van der Waals surface area contributed by atoms with Crippen LogP contribution in [-0.2, 0) is 9.53 Å². The first-order valence-electron chi connectivity index (χ1n) is 9.36. The Morgan fingerprint density at radius 1 is 1.00 bits per heavy atom. The number of hydrogen-bond donors (Lipinski definition) is 0. The van der Waals surface area contributed by atoms with Crippen molar-refractivity contribution in [3.63, 3.8) is 0 Å². The second-order valence-electron chi connectivity index (χ2n) is 7.37. The van der Waals surface area contributed by atoms with Crippen LogP contribution in [0.5, 0.6) is 5.75 Å². The lowest BCUT2D eigenvalue weighted by atomic mass is 10.1. The third kappa shape index (κ3) is 4.85. The van der Waals surface area contributed by atoms with Crippen molar-refractivity contribution in [3.05, 3.63) is 66.2 Å². The normalized spacial score (nSPS) is 18.1. The molecule has 4 nitrogen and oxygen atoms in total. The fraction of sp³-hybridized carbons (Fsp3) is 0.409. The number of carbonyl (C=O) groups excluding carboxylic acids is 1. The van der Waals surface area contributed by atoms with Crippen molar-refractivity contribution in [3.8, 4) is 5.75 Å². The van der Waals surface area contributed by atoms with Gasteiger partial charge in [0.05, 0.1) is 20.1 Å². The van der Waals surface area contributed by atoms with Crippen molar-refractivity contribution in [2.24, 2.45) is 0 Å². The third-order valence-electron chi connectivity index (χ3n) is 5.07. The molecule has 1 aliphatic rings. The van der Waals surface area contributed by atoms with Crippen LogP contribution in [-0.4, -0.2) is 43.2 Å². The van der Waals surface area contributed by atoms with Crippen LogP contribution in [0, 0.1) is 0 Å². The minimum Gasteiger partial charge on any atom is -0.479 e. The van der Waals surface area contributed by atoms with Crippen molar-refractivity contribution in [2.75, 3.05) is 26.7 Å². The van der Waals surface area contributed by atoms with E-state index in [1.807, 2.05) is 60.7 Å². The molecule has 2 aromatic rings. The Bertz CT molecular complexity index is 696. The van der Waals surface area contributed by atoms with Crippen LogP contribution in [0.4, 0.5) is 0 Å². The first kappa shape index (κ1) is 18.5. The highest BCUT2D eigenvalue weighted by Gasteiger charge is 2.33. The van der Waals surface area contributed by atoms with Gasteiger partial charge in [-0.3, -0.25) is 0 Å². The van der Waals surface area contributed by atoms with Crippen molar-refractivity contribution < 1.29 is 18.8 Å². The monoisotopic (exact) mass is 354 g/mol. The molecule has 0 bridgehead atoms. The molecule has 138 valence electrons. The maximum atomic E-state index is 12.7. The Kier molecular flexibility index (Phi) is 5.94. The highest BCUT2D eigenvalue weighted by molar-refractivity contribution is 5.75. The summed E-state index contributed by atoms with van der Waals surface area (Å²) in [5.74, 6) is 0.347. The average molecular weight is 354 g/mol. The van der Waals surface area contributed by atoms with Gasteiger partial charge in [0.15, 0.2) is 12.2 Å². The molecule has 0 radical (unpaired) electrons. The SMILES string of the molecule is CC(Oc1ccccc1)C(=O)OC(C[N+]1(C)CCCC1)c1ccccc1. The number of ether oxygens (including phenoxy) is 2. The van der Waals surface area contributed by atoms with Gasteiger partial charge in [0, 0.05) is 12.8 Å². The van der Waals surface area contributed by atoms with Crippen LogP contribution in [0.15, 0.2) is 60.7 Å². The number of nitrogens with zero attached hydrogens (tertiary/aromatic N) is 1. The highest BCUT2D eigenvalue weighted by atomic mass is 16.6. The predicted octanol–water partition coefficient (Wildman–Crippen LogP) is 3.98. The first-order chi connectivity index (χ1) is 12.6. The van der Waals surface area contributed by atoms with Gasteiger partial charge in [-0.05, 0) is 24.6 Å². The van der Waals surface area contributed by atoms with Crippen LogP contribution in [0.1, 0.15) is 31.4 Å². The number of benzene rings is 2. The molecule has 1 saturated heterocycles. The summed E-state index contributed by atoms with van der Waals surface area (Å²) in [5.41, 5.74) is 1.04. The summed E-state index contributed by atoms with van der Waals surface area (Å²) < 4.78 is 12.6. The summed E-state index contributed by atoms with van der Waals surface area (Å²) in [4.78, 5) is 12.7. The molecule has 0 N–H and O–H groups in total. The summed E-state index contributed by atoms with van der Waals surface area (Å²) in [6.45, 7) is 4.81. The highest BCUT2D eigenvalue weighted by Crippen LogP contribution is 2.26. The number of para-hydroxylation sites is 1. The van der Waals surface area contributed by atoms with Crippen LogP contribution in [0.2, 0.25) is 0 Å². The van der Waals surface area contributed by atoms with Gasteiger partial charge in [-0.25, -0.2) is 4.79 Å². The average Bonchev–Trinajstić information content (AvgIpc) is 3.09. The molecule has 26 heavy (non-hydrogen) atoms. The minimum absolute atomic E-state index is 0.256. The molecule has 0 aliphatic carbocycles. The Balaban J connectivity index is 1.69. The third-order valence-corrected chi connectivity index (χ3v) is 5.07. The van der Waals surface area contributed by atoms with Crippen LogP contribution in [0.3, 0.4) is 0 Å². The molecular weight excluding hydrogens is 326 g/mol. The van der Waals surface area contributed by atoms with E-state index in [1.165, 1.54) is 12.8 Å². The second kappa shape index (κ2) is 8.37. The number of quaternary nitrogens is 1. The molecule has 0 spiro atoms. The summed E-state index contributed by atoms with van der Waals surface area (Å²) in [7, 11) is 2.25. The first-order valence-corrected chi connectivity index (χ1v) is 9.36. The molecule has 1 heterocycles. The van der Waals surface area contributed by atoms with E-state index in [2.05, 4.69) is 7.05 Å². The van der Waals surface area contributed by atoms with Gasteiger partial charge >= 0.3 is 5.97 Å². The van der Waals surface area contributed by atoms with Crippen molar-refractivity contribution in [1.82, 2.24) is 0 Å². The second-order valence-corrected chi connectivity index (χ2v) is 7.37. The number of likely N-dealkylation sites (N-methyl/N-ethyl adjacent to an activating group) is 1. The zero-order valence-corrected chi connectivity index (χ0v) is 15.6. The lowest BCUT2D eigenvalue weighted by Crippen LogP contribution is -2.45. The van der Waals surface area contributed by atoms with Gasteiger partial charge in [-0.15, -0.1) is 0 Å². The van der Waals surface area contributed by atoms with Gasteiger partial charge < -0.3 is 14.0 Å². The molecule has 0 saturated carbocycles. The maximum Gasteiger partial charge on any atom is 0.347 e. The van der Waals surface area contributed by atoms with E-state index in [0.29, 0.717) is 5.75 Å². The van der Waals surface area contributed by atoms with E-state index < -0.39 is 6.10 Å². The van der Waals surface area contributed by atoms with E-state index in [4.69, 9.17) is 9.47 Å². The summed E-state index contributed by atoms with van der Waals surface area (Å²) in [5, 5.41) is 0. The zero-order valence-electron chi connectivity index (χ0n) is 15.6. The van der Waals surface area contributed by atoms with E-state index >= 15 is 0 Å². The maximum absolute atomic E-state index is 12.7. The quantitative estimate of drug-likeness (QED) is 0.557. The van der Waals surface area contributed by atoms with Gasteiger partial charge in [0.1, 0.15) is 12.3 Å². The molecule has 2 atom stereocenters. The van der Waals surface area contributed by atoms with E-state index in [0.717, 1.165) is 29.7 Å². The lowest BCUT2D eigenvalue weighted by Gasteiger charge is -2.33. The fourth-order valence-corrected chi connectivity index (χ4v) is 3.55. The van der Waals surface area contributed by atoms with Gasteiger partial charge in [0.2, 0.25) is 0 Å². The summed E-state index contributed by atoms with van der Waals surface area (Å²) in [6.07, 6.45) is 1.57. The van der Waals surface area contributed by atoms with E-state index in [1.54, 1.807) is 6.92 Å². The summed E-state index contributed by atoms with van der Waals surface area (Å²) in [6, 6.07) is 19.4. The smallest absolute Gasteiger partial charge is 0.347 e. The Morgan fingerprint density at radius 2 is 1.58 bits per heavy atom. The molecule has 1 fully saturated rings. The molecule has 0 aromatic heterocycles. The van der Waals surface area contributed by atoms with Crippen LogP contribution >= 0.6 is 0 Å². The molecule has 0 amide bonds. The fourth-order valence-electron chi connectivity index (χ4n) is 3.55. The van der Waals surface area contributed by atoms with Crippen LogP contribution in [0.25, 0.3) is 0 Å². The number of carbonyl (C=O) groups is 1. The standard InChI is InChI=1S/C22H28NO3/c1-18(25-20-13-7-4-8-14-20)22(24)26-21(19-11-5-3-6-12-19)17-23(2)15-9-10-16-23/h3-8,11-14,18,21H,9-10,15-17H2,1-2H3/q+1. The van der Waals surface area contributed by atoms with Crippen LogP contribution < -0.4 is 4.74 Å². The topological polar surface area (TPSA) is 35.5 Å². The number of rotatable bonds is 7. The molecular formula is C22H28NO3+. The molecule has 2 aromatic carbocycles. The minimum atomic E-state index is -0.646. The van der Waals surface area contributed by atoms with Gasteiger partial charge in [0.25, 0.3) is 0 Å². The van der Waals surface area contributed by atoms with Gasteiger partial charge in [-0.2, -0.15) is 0 Å².